The number of hydrogen-bond donors (Lipinski definition) is 0. The van der Waals surface area contributed by atoms with Crippen LogP contribution in [0.1, 0.15) is 43.5 Å². The van der Waals surface area contributed by atoms with E-state index in [1.54, 1.807) is 12.1 Å². The van der Waals surface area contributed by atoms with Crippen LogP contribution < -0.4 is 0 Å². The highest BCUT2D eigenvalue weighted by Crippen LogP contribution is 2.24. The second-order valence-corrected chi connectivity index (χ2v) is 6.58. The minimum atomic E-state index is 0.199. The number of halogens is 1. The average Bonchev–Trinajstić information content (AvgIpc) is 2.65. The van der Waals surface area contributed by atoms with Crippen molar-refractivity contribution in [3.63, 3.8) is 0 Å². The van der Waals surface area contributed by atoms with Crippen LogP contribution in [-0.2, 0) is 0 Å². The second kappa shape index (κ2) is 7.24. The molecule has 20 heavy (non-hydrogen) atoms. The summed E-state index contributed by atoms with van der Waals surface area (Å²) in [5, 5.41) is 0.677. The number of likely N-dealkylation sites (tertiary alicyclic amines) is 1. The highest BCUT2D eigenvalue weighted by atomic mass is 35.5. The van der Waals surface area contributed by atoms with Crippen molar-refractivity contribution in [1.29, 1.82) is 0 Å². The van der Waals surface area contributed by atoms with E-state index in [0.717, 1.165) is 30.5 Å². The first-order valence-electron chi connectivity index (χ1n) is 7.57. The summed E-state index contributed by atoms with van der Waals surface area (Å²) in [6, 6.07) is 7.21. The van der Waals surface area contributed by atoms with Gasteiger partial charge >= 0.3 is 0 Å². The van der Waals surface area contributed by atoms with Gasteiger partial charge in [-0.1, -0.05) is 25.4 Å². The van der Waals surface area contributed by atoms with E-state index in [4.69, 9.17) is 11.6 Å². The summed E-state index contributed by atoms with van der Waals surface area (Å²) in [6.07, 6.45) is 3.71. The van der Waals surface area contributed by atoms with Gasteiger partial charge < -0.3 is 0 Å². The van der Waals surface area contributed by atoms with Crippen molar-refractivity contribution < 1.29 is 4.79 Å². The Morgan fingerprint density at radius 1 is 1.25 bits per heavy atom. The molecule has 2 nitrogen and oxygen atoms in total. The first-order chi connectivity index (χ1) is 9.56. The van der Waals surface area contributed by atoms with Crippen LogP contribution in [0.5, 0.6) is 0 Å². The number of carbonyl (C=O) groups excluding carboxylic acids is 1. The van der Waals surface area contributed by atoms with Crippen molar-refractivity contribution >= 4 is 17.4 Å². The molecule has 0 radical (unpaired) electrons. The maximum Gasteiger partial charge on any atom is 0.176 e. The zero-order valence-corrected chi connectivity index (χ0v) is 13.2. The second-order valence-electron chi connectivity index (χ2n) is 6.14. The van der Waals surface area contributed by atoms with Crippen LogP contribution in [-0.4, -0.2) is 30.3 Å². The molecule has 0 bridgehead atoms. The van der Waals surface area contributed by atoms with Crippen LogP contribution in [0.15, 0.2) is 24.3 Å². The third-order valence-electron chi connectivity index (χ3n) is 4.34. The molecule has 1 atom stereocenters. The van der Waals surface area contributed by atoms with Crippen molar-refractivity contribution in [2.24, 2.45) is 11.8 Å². The van der Waals surface area contributed by atoms with Gasteiger partial charge in [0.1, 0.15) is 0 Å². The minimum Gasteiger partial charge on any atom is -0.296 e. The predicted molar refractivity (Wildman–Crippen MR) is 84.4 cm³/mol. The van der Waals surface area contributed by atoms with Gasteiger partial charge in [-0.2, -0.15) is 0 Å². The van der Waals surface area contributed by atoms with Crippen LogP contribution >= 0.6 is 11.6 Å². The van der Waals surface area contributed by atoms with E-state index >= 15 is 0 Å². The number of rotatable bonds is 4. The van der Waals surface area contributed by atoms with E-state index in [2.05, 4.69) is 18.7 Å². The molecule has 1 fully saturated rings. The van der Waals surface area contributed by atoms with Crippen LogP contribution in [0, 0.1) is 11.8 Å². The Kier molecular flexibility index (Phi) is 5.62. The summed E-state index contributed by atoms with van der Waals surface area (Å²) < 4.78 is 0. The number of ketones is 1. The highest BCUT2D eigenvalue weighted by molar-refractivity contribution is 6.30. The molecule has 0 aliphatic carbocycles. The Morgan fingerprint density at radius 2 is 1.95 bits per heavy atom. The molecule has 3 heteroatoms. The van der Waals surface area contributed by atoms with Crippen molar-refractivity contribution in [2.75, 3.05) is 19.6 Å². The molecule has 1 aromatic carbocycles. The molecule has 1 heterocycles. The van der Waals surface area contributed by atoms with E-state index in [-0.39, 0.29) is 5.78 Å². The lowest BCUT2D eigenvalue weighted by molar-refractivity contribution is 0.0932. The molecule has 0 amide bonds. The molecule has 1 aromatic rings. The topological polar surface area (TPSA) is 20.3 Å². The lowest BCUT2D eigenvalue weighted by Gasteiger charge is -2.20. The molecule has 0 aromatic heterocycles. The van der Waals surface area contributed by atoms with Crippen molar-refractivity contribution in [3.8, 4) is 0 Å². The van der Waals surface area contributed by atoms with Crippen molar-refractivity contribution in [2.45, 2.75) is 33.1 Å². The maximum absolute atomic E-state index is 12.3. The predicted octanol–water partition coefficient (Wildman–Crippen LogP) is 4.28. The highest BCUT2D eigenvalue weighted by Gasteiger charge is 2.21. The van der Waals surface area contributed by atoms with Gasteiger partial charge in [-0.3, -0.25) is 9.69 Å². The normalized spacial score (nSPS) is 20.9. The molecule has 2 rings (SSSR count). The number of Topliss-reactive ketones (excluding diaryl/α,β-unsaturated/α-hetero) is 1. The third kappa shape index (κ3) is 4.32. The fourth-order valence-corrected chi connectivity index (χ4v) is 3.06. The Hall–Kier alpha value is -0.860. The molecular formula is C17H24ClNO. The van der Waals surface area contributed by atoms with Crippen molar-refractivity contribution in [3.05, 3.63) is 34.9 Å². The van der Waals surface area contributed by atoms with Gasteiger partial charge in [-0.05, 0) is 68.5 Å². The largest absolute Gasteiger partial charge is 0.296 e. The van der Waals surface area contributed by atoms with E-state index in [0.29, 0.717) is 11.6 Å². The van der Waals surface area contributed by atoms with Gasteiger partial charge in [0.25, 0.3) is 0 Å². The lowest BCUT2D eigenvalue weighted by atomic mass is 9.89. The number of hydrogen-bond acceptors (Lipinski definition) is 2. The monoisotopic (exact) mass is 293 g/mol. The number of benzene rings is 1. The van der Waals surface area contributed by atoms with Gasteiger partial charge in [0, 0.05) is 10.6 Å². The molecule has 1 unspecified atom stereocenters. The summed E-state index contributed by atoms with van der Waals surface area (Å²) in [5.74, 6) is 1.76. The Balaban J connectivity index is 1.90. The van der Waals surface area contributed by atoms with Gasteiger partial charge in [-0.15, -0.1) is 0 Å². The Morgan fingerprint density at radius 3 is 2.60 bits per heavy atom. The summed E-state index contributed by atoms with van der Waals surface area (Å²) >= 11 is 5.85. The molecular weight excluding hydrogens is 270 g/mol. The quantitative estimate of drug-likeness (QED) is 0.772. The average molecular weight is 294 g/mol. The fraction of sp³-hybridized carbons (Fsp3) is 0.588. The summed E-state index contributed by atoms with van der Waals surface area (Å²) in [7, 11) is 0. The summed E-state index contributed by atoms with van der Waals surface area (Å²) in [5.41, 5.74) is 0.763. The van der Waals surface area contributed by atoms with E-state index in [9.17, 15) is 4.79 Å². The van der Waals surface area contributed by atoms with E-state index in [1.807, 2.05) is 12.1 Å². The van der Waals surface area contributed by atoms with Gasteiger partial charge in [0.2, 0.25) is 0 Å². The number of carbonyl (C=O) groups is 1. The summed E-state index contributed by atoms with van der Waals surface area (Å²) in [6.45, 7) is 7.23. The van der Waals surface area contributed by atoms with Gasteiger partial charge in [-0.25, -0.2) is 0 Å². The Bertz CT molecular complexity index is 441. The molecule has 0 N–H and O–H groups in total. The first kappa shape index (κ1) is 15.5. The standard InChI is InChI=1S/C17H24ClNO/c1-13(2)14-4-3-10-19(11-9-14)12-17(20)15-5-7-16(18)8-6-15/h5-8,13-14H,3-4,9-12H2,1-2H3. The third-order valence-corrected chi connectivity index (χ3v) is 4.59. The molecule has 1 aliphatic rings. The smallest absolute Gasteiger partial charge is 0.176 e. The SMILES string of the molecule is CC(C)C1CCCN(CC(=O)c2ccc(Cl)cc2)CC1. The molecule has 0 spiro atoms. The minimum absolute atomic E-state index is 0.199. The van der Waals surface area contributed by atoms with E-state index in [1.165, 1.54) is 19.3 Å². The summed E-state index contributed by atoms with van der Waals surface area (Å²) in [4.78, 5) is 14.6. The van der Waals surface area contributed by atoms with Crippen LogP contribution in [0.25, 0.3) is 0 Å². The van der Waals surface area contributed by atoms with E-state index < -0.39 is 0 Å². The van der Waals surface area contributed by atoms with Crippen LogP contribution in [0.4, 0.5) is 0 Å². The maximum atomic E-state index is 12.3. The van der Waals surface area contributed by atoms with Gasteiger partial charge in [0.05, 0.1) is 6.54 Å². The molecule has 1 saturated heterocycles. The Labute approximate surface area is 127 Å². The first-order valence-corrected chi connectivity index (χ1v) is 7.95. The number of nitrogens with zero attached hydrogens (tertiary/aromatic N) is 1. The zero-order valence-electron chi connectivity index (χ0n) is 12.4. The molecule has 0 saturated carbocycles. The lowest BCUT2D eigenvalue weighted by Crippen LogP contribution is -2.31. The molecule has 1 aliphatic heterocycles. The zero-order chi connectivity index (χ0) is 14.5. The fourth-order valence-electron chi connectivity index (χ4n) is 2.94. The molecule has 110 valence electrons. The van der Waals surface area contributed by atoms with Gasteiger partial charge in [0.15, 0.2) is 5.78 Å². The van der Waals surface area contributed by atoms with Crippen LogP contribution in [0.3, 0.4) is 0 Å². The van der Waals surface area contributed by atoms with Crippen LogP contribution in [0.2, 0.25) is 5.02 Å². The van der Waals surface area contributed by atoms with Crippen molar-refractivity contribution in [1.82, 2.24) is 4.90 Å².